The molecule has 1 fully saturated rings. The molecule has 0 aliphatic heterocycles. The first-order chi connectivity index (χ1) is 7.27. The van der Waals surface area contributed by atoms with Gasteiger partial charge in [0.25, 0.3) is 0 Å². The number of aliphatic hydroxyl groups is 1. The molecule has 0 radical (unpaired) electrons. The standard InChI is InChI=1S/C12H23NO2/c1-2-13(8-5-9-14)10-11-6-3-4-7-12(11)15/h11,14H,2-10H2,1H3. The van der Waals surface area contributed by atoms with Crippen LogP contribution in [0.25, 0.3) is 0 Å². The minimum Gasteiger partial charge on any atom is -0.396 e. The Morgan fingerprint density at radius 2 is 2.27 bits per heavy atom. The Kier molecular flexibility index (Phi) is 5.88. The first-order valence-corrected chi connectivity index (χ1v) is 6.13. The summed E-state index contributed by atoms with van der Waals surface area (Å²) in [6.07, 6.45) is 4.94. The Hall–Kier alpha value is -0.410. The van der Waals surface area contributed by atoms with Crippen LogP contribution in [-0.2, 0) is 4.79 Å². The van der Waals surface area contributed by atoms with E-state index in [1.807, 2.05) is 0 Å². The molecule has 1 saturated carbocycles. The van der Waals surface area contributed by atoms with Crippen molar-refractivity contribution in [3.63, 3.8) is 0 Å². The van der Waals surface area contributed by atoms with Crippen molar-refractivity contribution in [1.29, 1.82) is 0 Å². The van der Waals surface area contributed by atoms with Crippen LogP contribution in [0.4, 0.5) is 0 Å². The van der Waals surface area contributed by atoms with Gasteiger partial charge >= 0.3 is 0 Å². The molecule has 0 heterocycles. The zero-order chi connectivity index (χ0) is 11.1. The maximum absolute atomic E-state index is 11.6. The summed E-state index contributed by atoms with van der Waals surface area (Å²) in [6, 6.07) is 0. The first-order valence-electron chi connectivity index (χ1n) is 6.13. The van der Waals surface area contributed by atoms with Gasteiger partial charge < -0.3 is 10.0 Å². The minimum atomic E-state index is 0.245. The topological polar surface area (TPSA) is 40.5 Å². The summed E-state index contributed by atoms with van der Waals surface area (Å²) < 4.78 is 0. The molecule has 1 aliphatic carbocycles. The third kappa shape index (κ3) is 4.31. The largest absolute Gasteiger partial charge is 0.396 e. The van der Waals surface area contributed by atoms with Gasteiger partial charge in [0.1, 0.15) is 5.78 Å². The van der Waals surface area contributed by atoms with Gasteiger partial charge in [-0.1, -0.05) is 13.3 Å². The number of aliphatic hydroxyl groups excluding tert-OH is 1. The Balaban J connectivity index is 2.32. The molecule has 0 aromatic carbocycles. The van der Waals surface area contributed by atoms with Crippen LogP contribution < -0.4 is 0 Å². The molecule has 15 heavy (non-hydrogen) atoms. The average Bonchev–Trinajstić information content (AvgIpc) is 2.26. The van der Waals surface area contributed by atoms with Crippen LogP contribution in [0.3, 0.4) is 0 Å². The van der Waals surface area contributed by atoms with E-state index in [1.165, 1.54) is 6.42 Å². The molecule has 88 valence electrons. The van der Waals surface area contributed by atoms with Gasteiger partial charge in [0.15, 0.2) is 0 Å². The van der Waals surface area contributed by atoms with Gasteiger partial charge in [0.05, 0.1) is 0 Å². The second kappa shape index (κ2) is 6.96. The molecular weight excluding hydrogens is 190 g/mol. The molecule has 1 rings (SSSR count). The lowest BCUT2D eigenvalue weighted by molar-refractivity contribution is -0.125. The molecule has 1 unspecified atom stereocenters. The quantitative estimate of drug-likeness (QED) is 0.726. The molecule has 3 heteroatoms. The van der Waals surface area contributed by atoms with Crippen LogP contribution in [0.5, 0.6) is 0 Å². The van der Waals surface area contributed by atoms with Gasteiger partial charge in [-0.2, -0.15) is 0 Å². The van der Waals surface area contributed by atoms with Gasteiger partial charge in [-0.3, -0.25) is 4.79 Å². The Bertz CT molecular complexity index is 194. The summed E-state index contributed by atoms with van der Waals surface area (Å²) in [5.74, 6) is 0.709. The van der Waals surface area contributed by atoms with Gasteiger partial charge in [-0.05, 0) is 25.8 Å². The Morgan fingerprint density at radius 1 is 1.47 bits per heavy atom. The zero-order valence-electron chi connectivity index (χ0n) is 9.74. The van der Waals surface area contributed by atoms with Crippen molar-refractivity contribution < 1.29 is 9.90 Å². The van der Waals surface area contributed by atoms with Crippen LogP contribution in [0.15, 0.2) is 0 Å². The number of Topliss-reactive ketones (excluding diaryl/α,β-unsaturated/α-hetero) is 1. The summed E-state index contributed by atoms with van der Waals surface area (Å²) in [7, 11) is 0. The summed E-state index contributed by atoms with van der Waals surface area (Å²) in [4.78, 5) is 13.9. The summed E-state index contributed by atoms with van der Waals surface area (Å²) in [5, 5.41) is 8.77. The smallest absolute Gasteiger partial charge is 0.137 e. The number of carbonyl (C=O) groups excluding carboxylic acids is 1. The maximum atomic E-state index is 11.6. The molecule has 0 amide bonds. The number of hydrogen-bond acceptors (Lipinski definition) is 3. The maximum Gasteiger partial charge on any atom is 0.137 e. The molecule has 0 aromatic rings. The van der Waals surface area contributed by atoms with Gasteiger partial charge in [-0.15, -0.1) is 0 Å². The van der Waals surface area contributed by atoms with Crippen LogP contribution in [0, 0.1) is 5.92 Å². The predicted octanol–water partition coefficient (Wildman–Crippen LogP) is 1.45. The molecule has 0 bridgehead atoms. The number of carbonyl (C=O) groups is 1. The monoisotopic (exact) mass is 213 g/mol. The molecule has 3 nitrogen and oxygen atoms in total. The summed E-state index contributed by atoms with van der Waals surface area (Å²) >= 11 is 0. The fourth-order valence-electron chi connectivity index (χ4n) is 2.23. The molecule has 0 saturated heterocycles. The molecule has 0 aromatic heterocycles. The average molecular weight is 213 g/mol. The van der Waals surface area contributed by atoms with Crippen LogP contribution in [-0.4, -0.2) is 42.0 Å². The van der Waals surface area contributed by atoms with E-state index in [4.69, 9.17) is 5.11 Å². The normalized spacial score (nSPS) is 22.3. The second-order valence-corrected chi connectivity index (χ2v) is 4.38. The molecule has 1 aliphatic rings. The summed E-state index contributed by atoms with van der Waals surface area (Å²) in [6.45, 7) is 5.15. The molecular formula is C12H23NO2. The van der Waals surface area contributed by atoms with Crippen molar-refractivity contribution in [3.05, 3.63) is 0 Å². The van der Waals surface area contributed by atoms with E-state index in [0.717, 1.165) is 45.3 Å². The lowest BCUT2D eigenvalue weighted by Crippen LogP contribution is -2.35. The van der Waals surface area contributed by atoms with Crippen molar-refractivity contribution in [2.24, 2.45) is 5.92 Å². The molecule has 1 atom stereocenters. The predicted molar refractivity (Wildman–Crippen MR) is 60.8 cm³/mol. The van der Waals surface area contributed by atoms with Gasteiger partial charge in [0.2, 0.25) is 0 Å². The van der Waals surface area contributed by atoms with E-state index < -0.39 is 0 Å². The minimum absolute atomic E-state index is 0.245. The highest BCUT2D eigenvalue weighted by Crippen LogP contribution is 2.21. The lowest BCUT2D eigenvalue weighted by Gasteiger charge is -2.27. The zero-order valence-corrected chi connectivity index (χ0v) is 9.74. The van der Waals surface area contributed by atoms with Gasteiger partial charge in [0, 0.05) is 32.0 Å². The van der Waals surface area contributed by atoms with Crippen molar-refractivity contribution >= 4 is 5.78 Å². The highest BCUT2D eigenvalue weighted by atomic mass is 16.3. The highest BCUT2D eigenvalue weighted by Gasteiger charge is 2.23. The first kappa shape index (κ1) is 12.7. The van der Waals surface area contributed by atoms with E-state index in [0.29, 0.717) is 5.78 Å². The third-order valence-corrected chi connectivity index (χ3v) is 3.24. The summed E-state index contributed by atoms with van der Waals surface area (Å²) in [5.41, 5.74) is 0. The lowest BCUT2D eigenvalue weighted by atomic mass is 9.87. The Labute approximate surface area is 92.5 Å². The number of hydrogen-bond donors (Lipinski definition) is 1. The fourth-order valence-corrected chi connectivity index (χ4v) is 2.23. The molecule has 0 spiro atoms. The fraction of sp³-hybridized carbons (Fsp3) is 0.917. The third-order valence-electron chi connectivity index (χ3n) is 3.24. The van der Waals surface area contributed by atoms with E-state index in [1.54, 1.807) is 0 Å². The highest BCUT2D eigenvalue weighted by molar-refractivity contribution is 5.81. The number of ketones is 1. The van der Waals surface area contributed by atoms with Crippen molar-refractivity contribution in [2.45, 2.75) is 39.0 Å². The van der Waals surface area contributed by atoms with Gasteiger partial charge in [-0.25, -0.2) is 0 Å². The Morgan fingerprint density at radius 3 is 2.87 bits per heavy atom. The van der Waals surface area contributed by atoms with E-state index in [2.05, 4.69) is 11.8 Å². The van der Waals surface area contributed by atoms with Crippen LogP contribution in [0.2, 0.25) is 0 Å². The van der Waals surface area contributed by atoms with E-state index in [9.17, 15) is 4.79 Å². The number of nitrogens with zero attached hydrogens (tertiary/aromatic N) is 1. The SMILES string of the molecule is CCN(CCCO)CC1CCCCC1=O. The van der Waals surface area contributed by atoms with Crippen molar-refractivity contribution in [3.8, 4) is 0 Å². The van der Waals surface area contributed by atoms with Crippen LogP contribution in [0.1, 0.15) is 39.0 Å². The van der Waals surface area contributed by atoms with Crippen molar-refractivity contribution in [2.75, 3.05) is 26.2 Å². The molecule has 1 N–H and O–H groups in total. The van der Waals surface area contributed by atoms with Crippen molar-refractivity contribution in [1.82, 2.24) is 4.90 Å². The second-order valence-electron chi connectivity index (χ2n) is 4.38. The number of rotatable bonds is 6. The van der Waals surface area contributed by atoms with Crippen LogP contribution >= 0.6 is 0 Å². The van der Waals surface area contributed by atoms with E-state index >= 15 is 0 Å². The van der Waals surface area contributed by atoms with E-state index in [-0.39, 0.29) is 12.5 Å².